The minimum atomic E-state index is -0.0878. The minimum absolute atomic E-state index is 0.0878. The number of benzene rings is 1. The molecule has 162 valence electrons. The summed E-state index contributed by atoms with van der Waals surface area (Å²) in [6.07, 6.45) is 4.01. The molecule has 0 aliphatic carbocycles. The highest BCUT2D eigenvalue weighted by molar-refractivity contribution is 7.09. The predicted octanol–water partition coefficient (Wildman–Crippen LogP) is 3.89. The lowest BCUT2D eigenvalue weighted by molar-refractivity contribution is -0.131. The summed E-state index contributed by atoms with van der Waals surface area (Å²) < 4.78 is 5.41. The molecule has 3 aromatic rings. The van der Waals surface area contributed by atoms with Gasteiger partial charge in [-0.25, -0.2) is 15.0 Å². The number of hydrogen-bond acceptors (Lipinski definition) is 7. The van der Waals surface area contributed by atoms with Crippen LogP contribution in [0.15, 0.2) is 35.8 Å². The molecule has 1 aliphatic rings. The van der Waals surface area contributed by atoms with E-state index in [1.54, 1.807) is 18.4 Å². The normalized spacial score (nSPS) is 15.9. The zero-order valence-corrected chi connectivity index (χ0v) is 19.1. The summed E-state index contributed by atoms with van der Waals surface area (Å²) in [4.78, 5) is 30.9. The lowest BCUT2D eigenvalue weighted by Gasteiger charge is -2.27. The van der Waals surface area contributed by atoms with Gasteiger partial charge in [-0.1, -0.05) is 12.1 Å². The zero-order valence-electron chi connectivity index (χ0n) is 18.3. The van der Waals surface area contributed by atoms with Crippen LogP contribution < -0.4 is 9.64 Å². The van der Waals surface area contributed by atoms with Crippen LogP contribution in [0.1, 0.15) is 35.3 Å². The molecule has 31 heavy (non-hydrogen) atoms. The van der Waals surface area contributed by atoms with Gasteiger partial charge in [0.2, 0.25) is 11.9 Å². The van der Waals surface area contributed by atoms with E-state index in [1.165, 1.54) is 0 Å². The van der Waals surface area contributed by atoms with E-state index in [-0.39, 0.29) is 11.9 Å². The third-order valence-corrected chi connectivity index (χ3v) is 6.30. The Hall–Kier alpha value is -3.00. The highest BCUT2D eigenvalue weighted by Gasteiger charge is 2.33. The summed E-state index contributed by atoms with van der Waals surface area (Å²) in [7, 11) is 5.50. The van der Waals surface area contributed by atoms with Crippen molar-refractivity contribution in [3.63, 3.8) is 0 Å². The van der Waals surface area contributed by atoms with Crippen molar-refractivity contribution >= 4 is 23.2 Å². The Morgan fingerprint density at radius 1 is 1.32 bits per heavy atom. The molecular weight excluding hydrogens is 410 g/mol. The van der Waals surface area contributed by atoms with E-state index >= 15 is 0 Å². The molecule has 0 spiro atoms. The predicted molar refractivity (Wildman–Crippen MR) is 123 cm³/mol. The molecule has 1 amide bonds. The third-order valence-electron chi connectivity index (χ3n) is 5.47. The Bertz CT molecular complexity index is 1080. The van der Waals surface area contributed by atoms with Gasteiger partial charge in [0.1, 0.15) is 5.75 Å². The Labute approximate surface area is 186 Å². The monoisotopic (exact) mass is 437 g/mol. The number of thiazole rings is 1. The van der Waals surface area contributed by atoms with E-state index in [0.717, 1.165) is 52.7 Å². The lowest BCUT2D eigenvalue weighted by atomic mass is 9.99. The number of aryl methyl sites for hydroxylation is 1. The summed E-state index contributed by atoms with van der Waals surface area (Å²) in [5.74, 6) is 1.50. The van der Waals surface area contributed by atoms with Crippen molar-refractivity contribution in [1.82, 2.24) is 19.9 Å². The van der Waals surface area contributed by atoms with Crippen LogP contribution in [0, 0.1) is 6.92 Å². The van der Waals surface area contributed by atoms with Crippen LogP contribution in [-0.4, -0.2) is 53.5 Å². The van der Waals surface area contributed by atoms with Crippen molar-refractivity contribution in [3.05, 3.63) is 52.2 Å². The molecule has 1 aliphatic heterocycles. The van der Waals surface area contributed by atoms with Gasteiger partial charge in [-0.05, 0) is 37.5 Å². The number of ether oxygens (including phenoxy) is 1. The average molecular weight is 438 g/mol. The van der Waals surface area contributed by atoms with E-state index in [0.29, 0.717) is 12.4 Å². The van der Waals surface area contributed by atoms with E-state index in [2.05, 4.69) is 9.97 Å². The largest absolute Gasteiger partial charge is 0.497 e. The SMILES string of the molecule is COc1cccc(-c2cnc(N(C)C)nc2[C@@H]2CCCN2C(=O)Cc2csc(C)n2)c1. The minimum Gasteiger partial charge on any atom is -0.497 e. The third kappa shape index (κ3) is 4.54. The molecule has 1 atom stereocenters. The molecule has 0 radical (unpaired) electrons. The molecule has 3 heterocycles. The van der Waals surface area contributed by atoms with Gasteiger partial charge in [-0.3, -0.25) is 4.79 Å². The van der Waals surface area contributed by atoms with Gasteiger partial charge in [-0.15, -0.1) is 11.3 Å². The number of carbonyl (C=O) groups excluding carboxylic acids is 1. The Morgan fingerprint density at radius 3 is 2.87 bits per heavy atom. The van der Waals surface area contributed by atoms with Gasteiger partial charge in [0.05, 0.1) is 36.0 Å². The molecule has 2 aromatic heterocycles. The number of amides is 1. The smallest absolute Gasteiger partial charge is 0.229 e. The number of methoxy groups -OCH3 is 1. The van der Waals surface area contributed by atoms with Crippen LogP contribution in [0.25, 0.3) is 11.1 Å². The summed E-state index contributed by atoms with van der Waals surface area (Å²) in [6, 6.07) is 7.80. The molecule has 0 N–H and O–H groups in total. The van der Waals surface area contributed by atoms with Crippen LogP contribution in [0.5, 0.6) is 5.75 Å². The second-order valence-corrected chi connectivity index (χ2v) is 8.94. The molecule has 4 rings (SSSR count). The Balaban J connectivity index is 1.71. The quantitative estimate of drug-likeness (QED) is 0.583. The standard InChI is InChI=1S/C23H27N5O2S/c1-15-25-17(14-31-15)12-21(29)28-10-6-9-20(28)22-19(13-24-23(26-22)27(2)3)16-7-5-8-18(11-16)30-4/h5,7-8,11,13-14,20H,6,9-10,12H2,1-4H3/t20-/m0/s1. The lowest BCUT2D eigenvalue weighted by Crippen LogP contribution is -2.33. The fraction of sp³-hybridized carbons (Fsp3) is 0.391. The summed E-state index contributed by atoms with van der Waals surface area (Å²) in [5.41, 5.74) is 3.63. The Kier molecular flexibility index (Phi) is 6.18. The molecule has 0 saturated carbocycles. The number of hydrogen-bond donors (Lipinski definition) is 0. The molecule has 7 nitrogen and oxygen atoms in total. The fourth-order valence-electron chi connectivity index (χ4n) is 3.96. The topological polar surface area (TPSA) is 71.5 Å². The molecule has 1 fully saturated rings. The maximum Gasteiger partial charge on any atom is 0.229 e. The first-order valence-corrected chi connectivity index (χ1v) is 11.2. The van der Waals surface area contributed by atoms with E-state index in [1.807, 2.05) is 66.7 Å². The molecule has 1 saturated heterocycles. The zero-order chi connectivity index (χ0) is 22.0. The molecule has 8 heteroatoms. The van der Waals surface area contributed by atoms with Crippen molar-refractivity contribution in [2.24, 2.45) is 0 Å². The average Bonchev–Trinajstić information content (AvgIpc) is 3.42. The van der Waals surface area contributed by atoms with Gasteiger partial charge in [-0.2, -0.15) is 0 Å². The number of aromatic nitrogens is 3. The van der Waals surface area contributed by atoms with Gasteiger partial charge in [0.25, 0.3) is 0 Å². The van der Waals surface area contributed by atoms with Crippen molar-refractivity contribution in [1.29, 1.82) is 0 Å². The first-order chi connectivity index (χ1) is 15.0. The highest BCUT2D eigenvalue weighted by Crippen LogP contribution is 2.38. The second-order valence-electron chi connectivity index (χ2n) is 7.88. The summed E-state index contributed by atoms with van der Waals surface area (Å²) in [5, 5.41) is 2.95. The first kappa shape index (κ1) is 21.2. The van der Waals surface area contributed by atoms with Crippen molar-refractivity contribution in [2.75, 3.05) is 32.6 Å². The second kappa shape index (κ2) is 9.01. The van der Waals surface area contributed by atoms with Crippen LogP contribution in [0.2, 0.25) is 0 Å². The van der Waals surface area contributed by atoms with Gasteiger partial charge in [0.15, 0.2) is 0 Å². The number of carbonyl (C=O) groups is 1. The molecule has 1 aromatic carbocycles. The summed E-state index contributed by atoms with van der Waals surface area (Å²) in [6.45, 7) is 2.69. The molecule has 0 unspecified atom stereocenters. The molecule has 0 bridgehead atoms. The van der Waals surface area contributed by atoms with Crippen LogP contribution in [0.3, 0.4) is 0 Å². The highest BCUT2D eigenvalue weighted by atomic mass is 32.1. The van der Waals surface area contributed by atoms with E-state index < -0.39 is 0 Å². The maximum atomic E-state index is 13.2. The van der Waals surface area contributed by atoms with Crippen LogP contribution in [-0.2, 0) is 11.2 Å². The molecular formula is C23H27N5O2S. The van der Waals surface area contributed by atoms with Gasteiger partial charge < -0.3 is 14.5 Å². The number of rotatable bonds is 6. The van der Waals surface area contributed by atoms with Crippen molar-refractivity contribution in [2.45, 2.75) is 32.2 Å². The van der Waals surface area contributed by atoms with Crippen molar-refractivity contribution in [3.8, 4) is 16.9 Å². The Morgan fingerprint density at radius 2 is 2.16 bits per heavy atom. The number of nitrogens with zero attached hydrogens (tertiary/aromatic N) is 5. The van der Waals surface area contributed by atoms with E-state index in [4.69, 9.17) is 9.72 Å². The number of anilines is 1. The van der Waals surface area contributed by atoms with Crippen molar-refractivity contribution < 1.29 is 9.53 Å². The van der Waals surface area contributed by atoms with Crippen LogP contribution >= 0.6 is 11.3 Å². The first-order valence-electron chi connectivity index (χ1n) is 10.4. The van der Waals surface area contributed by atoms with Gasteiger partial charge in [0, 0.05) is 37.8 Å². The van der Waals surface area contributed by atoms with Gasteiger partial charge >= 0.3 is 0 Å². The maximum absolute atomic E-state index is 13.2. The number of likely N-dealkylation sites (tertiary alicyclic amines) is 1. The van der Waals surface area contributed by atoms with E-state index in [9.17, 15) is 4.79 Å². The fourth-order valence-corrected chi connectivity index (χ4v) is 4.58. The summed E-state index contributed by atoms with van der Waals surface area (Å²) >= 11 is 1.57. The van der Waals surface area contributed by atoms with Crippen LogP contribution in [0.4, 0.5) is 5.95 Å².